The third-order valence-electron chi connectivity index (χ3n) is 3.85. The quantitative estimate of drug-likeness (QED) is 0.824. The molecule has 1 atom stereocenters. The highest BCUT2D eigenvalue weighted by atomic mass is 16.3. The fraction of sp³-hybridized carbons (Fsp3) is 0.750. The lowest BCUT2D eigenvalue weighted by atomic mass is 9.81. The average Bonchev–Trinajstić information content (AvgIpc) is 2.78. The Labute approximate surface area is 91.1 Å². The highest BCUT2D eigenvalue weighted by Gasteiger charge is 2.36. The summed E-state index contributed by atoms with van der Waals surface area (Å²) in [6.07, 6.45) is 8.97. The van der Waals surface area contributed by atoms with E-state index >= 15 is 0 Å². The lowest BCUT2D eigenvalue weighted by Gasteiger charge is -2.29. The van der Waals surface area contributed by atoms with Crippen LogP contribution >= 0.6 is 0 Å². The van der Waals surface area contributed by atoms with Crippen LogP contribution < -0.4 is 0 Å². The fourth-order valence-electron chi connectivity index (χ4n) is 2.53. The second-order valence-corrected chi connectivity index (χ2v) is 5.04. The van der Waals surface area contributed by atoms with Gasteiger partial charge in [0.25, 0.3) is 0 Å². The third-order valence-corrected chi connectivity index (χ3v) is 3.85. The van der Waals surface area contributed by atoms with E-state index in [0.717, 1.165) is 18.7 Å². The Bertz CT molecular complexity index is 326. The van der Waals surface area contributed by atoms with Crippen LogP contribution in [-0.2, 0) is 13.5 Å². The molecule has 1 N–H and O–H groups in total. The number of hydrogen-bond donors (Lipinski definition) is 1. The summed E-state index contributed by atoms with van der Waals surface area (Å²) in [5, 5.41) is 10.3. The maximum Gasteiger partial charge on any atom is 0.110 e. The molecule has 3 heteroatoms. The number of aliphatic hydroxyl groups excluding tert-OH is 1. The van der Waals surface area contributed by atoms with Crippen LogP contribution in [-0.4, -0.2) is 20.8 Å². The van der Waals surface area contributed by atoms with Gasteiger partial charge in [0.1, 0.15) is 5.82 Å². The molecule has 1 aliphatic carbocycles. The zero-order chi connectivity index (χ0) is 10.9. The number of aromatic nitrogens is 2. The molecule has 1 aliphatic rings. The van der Waals surface area contributed by atoms with E-state index in [1.165, 1.54) is 12.8 Å². The largest absolute Gasteiger partial charge is 0.392 e. The van der Waals surface area contributed by atoms with E-state index in [1.54, 1.807) is 6.20 Å². The molecule has 0 aliphatic heterocycles. The highest BCUT2D eigenvalue weighted by Crippen LogP contribution is 2.41. The maximum atomic E-state index is 10.3. The van der Waals surface area contributed by atoms with Crippen molar-refractivity contribution in [3.63, 3.8) is 0 Å². The minimum atomic E-state index is -0.249. The number of nitrogens with zero attached hydrogens (tertiary/aromatic N) is 2. The summed E-state index contributed by atoms with van der Waals surface area (Å²) >= 11 is 0. The van der Waals surface area contributed by atoms with Crippen molar-refractivity contribution in [3.8, 4) is 0 Å². The van der Waals surface area contributed by atoms with Crippen LogP contribution in [0, 0.1) is 5.41 Å². The van der Waals surface area contributed by atoms with Crippen molar-refractivity contribution < 1.29 is 5.11 Å². The molecule has 15 heavy (non-hydrogen) atoms. The minimum Gasteiger partial charge on any atom is -0.392 e. The van der Waals surface area contributed by atoms with Crippen LogP contribution in [0.4, 0.5) is 0 Å². The van der Waals surface area contributed by atoms with Crippen molar-refractivity contribution in [2.45, 2.75) is 45.1 Å². The summed E-state index contributed by atoms with van der Waals surface area (Å²) in [5.41, 5.74) is 0.117. The number of hydrogen-bond acceptors (Lipinski definition) is 2. The van der Waals surface area contributed by atoms with Crippen molar-refractivity contribution in [1.29, 1.82) is 0 Å². The first-order chi connectivity index (χ1) is 7.12. The molecule has 0 radical (unpaired) electrons. The molecule has 2 rings (SSSR count). The lowest BCUT2D eigenvalue weighted by Crippen LogP contribution is -2.32. The van der Waals surface area contributed by atoms with Gasteiger partial charge in [-0.05, 0) is 18.3 Å². The average molecular weight is 208 g/mol. The number of rotatable bonds is 3. The summed E-state index contributed by atoms with van der Waals surface area (Å²) in [6.45, 7) is 2.20. The van der Waals surface area contributed by atoms with Crippen LogP contribution in [0.5, 0.6) is 0 Å². The Kier molecular flexibility index (Phi) is 2.83. The van der Waals surface area contributed by atoms with Crippen LogP contribution in [0.3, 0.4) is 0 Å². The predicted molar refractivity (Wildman–Crippen MR) is 59.5 cm³/mol. The monoisotopic (exact) mass is 208 g/mol. The molecule has 3 nitrogen and oxygen atoms in total. The van der Waals surface area contributed by atoms with Crippen molar-refractivity contribution in [2.75, 3.05) is 0 Å². The molecule has 1 fully saturated rings. The smallest absolute Gasteiger partial charge is 0.110 e. The number of aryl methyl sites for hydroxylation is 1. The summed E-state index contributed by atoms with van der Waals surface area (Å²) in [7, 11) is 1.98. The molecule has 0 bridgehead atoms. The van der Waals surface area contributed by atoms with E-state index in [-0.39, 0.29) is 11.5 Å². The first-order valence-corrected chi connectivity index (χ1v) is 5.76. The topological polar surface area (TPSA) is 38.0 Å². The molecule has 1 unspecified atom stereocenters. The van der Waals surface area contributed by atoms with E-state index in [0.29, 0.717) is 6.42 Å². The van der Waals surface area contributed by atoms with Gasteiger partial charge >= 0.3 is 0 Å². The molecular formula is C12H20N2O. The van der Waals surface area contributed by atoms with Crippen molar-refractivity contribution in [3.05, 3.63) is 18.2 Å². The zero-order valence-corrected chi connectivity index (χ0v) is 9.61. The zero-order valence-electron chi connectivity index (χ0n) is 9.61. The van der Waals surface area contributed by atoms with Crippen molar-refractivity contribution >= 4 is 0 Å². The van der Waals surface area contributed by atoms with Gasteiger partial charge in [-0.15, -0.1) is 0 Å². The van der Waals surface area contributed by atoms with Crippen LogP contribution in [0.25, 0.3) is 0 Å². The van der Waals surface area contributed by atoms with Crippen LogP contribution in [0.1, 0.15) is 38.4 Å². The second kappa shape index (κ2) is 3.97. The maximum absolute atomic E-state index is 10.3. The van der Waals surface area contributed by atoms with Gasteiger partial charge in [0.05, 0.1) is 6.10 Å². The van der Waals surface area contributed by atoms with Gasteiger partial charge in [0.2, 0.25) is 0 Å². The van der Waals surface area contributed by atoms with Gasteiger partial charge in [0, 0.05) is 25.9 Å². The molecule has 1 heterocycles. The van der Waals surface area contributed by atoms with Crippen molar-refractivity contribution in [1.82, 2.24) is 9.55 Å². The summed E-state index contributed by atoms with van der Waals surface area (Å²) in [5.74, 6) is 0.982. The van der Waals surface area contributed by atoms with Crippen LogP contribution in [0.2, 0.25) is 0 Å². The van der Waals surface area contributed by atoms with Gasteiger partial charge in [-0.25, -0.2) is 4.98 Å². The van der Waals surface area contributed by atoms with Gasteiger partial charge in [-0.2, -0.15) is 0 Å². The van der Waals surface area contributed by atoms with Gasteiger partial charge in [-0.3, -0.25) is 0 Å². The van der Waals surface area contributed by atoms with Gasteiger partial charge in [0.15, 0.2) is 0 Å². The summed E-state index contributed by atoms with van der Waals surface area (Å²) in [6, 6.07) is 0. The van der Waals surface area contributed by atoms with Gasteiger partial charge < -0.3 is 9.67 Å². The minimum absolute atomic E-state index is 0.117. The normalized spacial score (nSPS) is 21.8. The van der Waals surface area contributed by atoms with E-state index in [9.17, 15) is 5.11 Å². The molecular weight excluding hydrogens is 188 g/mol. The molecule has 1 aromatic rings. The van der Waals surface area contributed by atoms with Crippen LogP contribution in [0.15, 0.2) is 12.4 Å². The Morgan fingerprint density at radius 3 is 2.73 bits per heavy atom. The SMILES string of the molecule is Cn1ccnc1CC(O)C1(C)CCCC1. The molecule has 1 saturated carbocycles. The van der Waals surface area contributed by atoms with Gasteiger partial charge in [-0.1, -0.05) is 19.8 Å². The number of imidazole rings is 1. The molecule has 0 spiro atoms. The predicted octanol–water partition coefficient (Wildman–Crippen LogP) is 1.90. The first kappa shape index (κ1) is 10.7. The van der Waals surface area contributed by atoms with E-state index < -0.39 is 0 Å². The number of aliphatic hydroxyl groups is 1. The highest BCUT2D eigenvalue weighted by molar-refractivity contribution is 4.97. The Morgan fingerprint density at radius 2 is 2.20 bits per heavy atom. The molecule has 0 aromatic carbocycles. The molecule has 0 amide bonds. The van der Waals surface area contributed by atoms with Crippen molar-refractivity contribution in [2.24, 2.45) is 12.5 Å². The molecule has 0 saturated heterocycles. The Hall–Kier alpha value is -0.830. The van der Waals surface area contributed by atoms with E-state index in [4.69, 9.17) is 0 Å². The fourth-order valence-corrected chi connectivity index (χ4v) is 2.53. The third kappa shape index (κ3) is 2.07. The second-order valence-electron chi connectivity index (χ2n) is 5.04. The standard InChI is InChI=1S/C12H20N2O/c1-12(5-3-4-6-12)10(15)9-11-13-7-8-14(11)2/h7-8,10,15H,3-6,9H2,1-2H3. The first-order valence-electron chi connectivity index (χ1n) is 5.76. The Balaban J connectivity index is 2.03. The lowest BCUT2D eigenvalue weighted by molar-refractivity contribution is 0.0403. The molecule has 1 aromatic heterocycles. The Morgan fingerprint density at radius 1 is 1.53 bits per heavy atom. The molecule has 84 valence electrons. The summed E-state index contributed by atoms with van der Waals surface area (Å²) < 4.78 is 1.99. The summed E-state index contributed by atoms with van der Waals surface area (Å²) in [4.78, 5) is 4.26. The van der Waals surface area contributed by atoms with E-state index in [1.807, 2.05) is 17.8 Å². The van der Waals surface area contributed by atoms with E-state index in [2.05, 4.69) is 11.9 Å².